The Bertz CT molecular complexity index is 1540. The molecule has 4 aromatic carbocycles. The molecular formula is C47H64N2. The van der Waals surface area contributed by atoms with Gasteiger partial charge in [-0.05, 0) is 123 Å². The SMILES string of the molecule is CCCCCCCCC1(CCCCCCCC)c2cc(Nc3c(C)cc(C)cc3C)ccc2-c2ccc(Nc3c(C)cc(C)cc3C)cc21. The van der Waals surface area contributed by atoms with Crippen LogP contribution in [0, 0.1) is 41.5 Å². The zero-order valence-electron chi connectivity index (χ0n) is 32.2. The molecule has 0 fully saturated rings. The highest BCUT2D eigenvalue weighted by molar-refractivity contribution is 5.86. The monoisotopic (exact) mass is 657 g/mol. The molecule has 0 atom stereocenters. The number of nitrogens with one attached hydrogen (secondary N) is 2. The van der Waals surface area contributed by atoms with Crippen LogP contribution in [0.4, 0.5) is 22.7 Å². The second-order valence-corrected chi connectivity index (χ2v) is 15.4. The van der Waals surface area contributed by atoms with Crippen molar-refractivity contribution in [3.8, 4) is 11.1 Å². The molecule has 0 aliphatic heterocycles. The number of rotatable bonds is 18. The van der Waals surface area contributed by atoms with E-state index in [0.29, 0.717) is 0 Å². The van der Waals surface area contributed by atoms with E-state index in [1.54, 1.807) is 0 Å². The average molecular weight is 657 g/mol. The lowest BCUT2D eigenvalue weighted by Gasteiger charge is -2.33. The summed E-state index contributed by atoms with van der Waals surface area (Å²) in [6, 6.07) is 23.7. The molecule has 0 aromatic heterocycles. The van der Waals surface area contributed by atoms with Gasteiger partial charge in [0.1, 0.15) is 0 Å². The van der Waals surface area contributed by atoms with Gasteiger partial charge < -0.3 is 10.6 Å². The molecule has 2 N–H and O–H groups in total. The molecule has 0 bridgehead atoms. The minimum Gasteiger partial charge on any atom is -0.355 e. The maximum absolute atomic E-state index is 3.89. The summed E-state index contributed by atoms with van der Waals surface area (Å²) in [5.41, 5.74) is 18.8. The van der Waals surface area contributed by atoms with Crippen molar-refractivity contribution >= 4 is 22.7 Å². The Labute approximate surface area is 299 Å². The number of aryl methyl sites for hydroxylation is 6. The van der Waals surface area contributed by atoms with Crippen molar-refractivity contribution in [3.05, 3.63) is 105 Å². The van der Waals surface area contributed by atoms with Crippen molar-refractivity contribution < 1.29 is 0 Å². The van der Waals surface area contributed by atoms with E-state index in [0.717, 1.165) is 0 Å². The van der Waals surface area contributed by atoms with E-state index in [1.807, 2.05) is 0 Å². The Hall–Kier alpha value is -3.52. The quantitative estimate of drug-likeness (QED) is 0.104. The smallest absolute Gasteiger partial charge is 0.0443 e. The molecule has 2 heteroatoms. The predicted molar refractivity (Wildman–Crippen MR) is 217 cm³/mol. The van der Waals surface area contributed by atoms with Crippen LogP contribution in [0.25, 0.3) is 11.1 Å². The first-order valence-corrected chi connectivity index (χ1v) is 19.7. The van der Waals surface area contributed by atoms with E-state index in [2.05, 4.69) is 127 Å². The van der Waals surface area contributed by atoms with Crippen LogP contribution in [-0.2, 0) is 5.41 Å². The Balaban J connectivity index is 1.56. The number of anilines is 4. The molecule has 0 spiro atoms. The molecule has 0 saturated carbocycles. The topological polar surface area (TPSA) is 24.1 Å². The van der Waals surface area contributed by atoms with Crippen molar-refractivity contribution in [2.24, 2.45) is 0 Å². The Morgan fingerprint density at radius 3 is 1.14 bits per heavy atom. The van der Waals surface area contributed by atoms with Gasteiger partial charge in [-0.2, -0.15) is 0 Å². The first-order valence-electron chi connectivity index (χ1n) is 19.7. The van der Waals surface area contributed by atoms with Gasteiger partial charge in [-0.15, -0.1) is 0 Å². The van der Waals surface area contributed by atoms with Gasteiger partial charge in [-0.3, -0.25) is 0 Å². The molecule has 0 heterocycles. The molecule has 49 heavy (non-hydrogen) atoms. The fourth-order valence-corrected chi connectivity index (χ4v) is 8.77. The van der Waals surface area contributed by atoms with Crippen molar-refractivity contribution in [1.82, 2.24) is 0 Å². The molecule has 1 aliphatic rings. The Kier molecular flexibility index (Phi) is 12.7. The van der Waals surface area contributed by atoms with Gasteiger partial charge >= 0.3 is 0 Å². The van der Waals surface area contributed by atoms with Crippen LogP contribution in [-0.4, -0.2) is 0 Å². The van der Waals surface area contributed by atoms with E-state index >= 15 is 0 Å². The first kappa shape index (κ1) is 36.8. The van der Waals surface area contributed by atoms with Crippen LogP contribution in [0.5, 0.6) is 0 Å². The summed E-state index contributed by atoms with van der Waals surface area (Å²) in [5, 5.41) is 7.78. The van der Waals surface area contributed by atoms with Crippen LogP contribution < -0.4 is 10.6 Å². The van der Waals surface area contributed by atoms with E-state index < -0.39 is 0 Å². The van der Waals surface area contributed by atoms with Crippen molar-refractivity contribution in [3.63, 3.8) is 0 Å². The Morgan fingerprint density at radius 2 is 0.776 bits per heavy atom. The van der Waals surface area contributed by atoms with Crippen molar-refractivity contribution in [2.45, 2.75) is 151 Å². The normalized spacial score (nSPS) is 13.0. The maximum atomic E-state index is 3.89. The summed E-state index contributed by atoms with van der Waals surface area (Å²) >= 11 is 0. The van der Waals surface area contributed by atoms with Crippen LogP contribution in [0.2, 0.25) is 0 Å². The largest absolute Gasteiger partial charge is 0.355 e. The second kappa shape index (κ2) is 16.9. The molecule has 5 rings (SSSR count). The highest BCUT2D eigenvalue weighted by atomic mass is 14.9. The summed E-state index contributed by atoms with van der Waals surface area (Å²) in [6.07, 6.45) is 18.4. The number of benzene rings is 4. The van der Waals surface area contributed by atoms with E-state index in [1.165, 1.54) is 168 Å². The van der Waals surface area contributed by atoms with Gasteiger partial charge in [0, 0.05) is 28.2 Å². The van der Waals surface area contributed by atoms with Crippen LogP contribution in [0.15, 0.2) is 60.7 Å². The summed E-state index contributed by atoms with van der Waals surface area (Å²) in [5.74, 6) is 0. The third-order valence-electron chi connectivity index (χ3n) is 11.2. The molecule has 4 aromatic rings. The highest BCUT2D eigenvalue weighted by Gasteiger charge is 2.42. The van der Waals surface area contributed by atoms with Gasteiger partial charge in [-0.1, -0.05) is 138 Å². The summed E-state index contributed by atoms with van der Waals surface area (Å²) in [4.78, 5) is 0. The maximum Gasteiger partial charge on any atom is 0.0443 e. The lowest BCUT2D eigenvalue weighted by Crippen LogP contribution is -2.26. The third-order valence-corrected chi connectivity index (χ3v) is 11.2. The predicted octanol–water partition coefficient (Wildman–Crippen LogP) is 14.8. The standard InChI is InChI=1S/C47H64N2/c1-9-11-13-15-17-19-25-47(26-20-18-16-14-12-10-2)43-31-39(48-45-35(5)27-33(3)28-36(45)6)21-23-41(43)42-24-22-40(32-44(42)47)49-46-37(7)29-34(4)30-38(46)8/h21-24,27-32,48-49H,9-20,25-26H2,1-8H3. The van der Waals surface area contributed by atoms with Gasteiger partial charge in [0.2, 0.25) is 0 Å². The molecular weight excluding hydrogens is 593 g/mol. The fourth-order valence-electron chi connectivity index (χ4n) is 8.77. The molecule has 0 saturated heterocycles. The van der Waals surface area contributed by atoms with Gasteiger partial charge in [0.15, 0.2) is 0 Å². The van der Waals surface area contributed by atoms with Gasteiger partial charge in [0.05, 0.1) is 0 Å². The molecule has 0 amide bonds. The molecule has 0 unspecified atom stereocenters. The molecule has 262 valence electrons. The molecule has 2 nitrogen and oxygen atoms in total. The minimum absolute atomic E-state index is 0.0181. The minimum atomic E-state index is 0.0181. The summed E-state index contributed by atoms with van der Waals surface area (Å²) < 4.78 is 0. The van der Waals surface area contributed by atoms with Crippen LogP contribution >= 0.6 is 0 Å². The number of fused-ring (bicyclic) bond motifs is 3. The van der Waals surface area contributed by atoms with Gasteiger partial charge in [0.25, 0.3) is 0 Å². The van der Waals surface area contributed by atoms with E-state index in [4.69, 9.17) is 0 Å². The number of hydrogen-bond donors (Lipinski definition) is 2. The molecule has 1 aliphatic carbocycles. The van der Waals surface area contributed by atoms with Crippen LogP contribution in [0.3, 0.4) is 0 Å². The summed E-state index contributed by atoms with van der Waals surface area (Å²) in [6.45, 7) is 18.0. The van der Waals surface area contributed by atoms with Crippen molar-refractivity contribution in [2.75, 3.05) is 10.6 Å². The average Bonchev–Trinajstić information content (AvgIpc) is 3.32. The zero-order chi connectivity index (χ0) is 35.0. The fraction of sp³-hybridized carbons (Fsp3) is 0.489. The third kappa shape index (κ3) is 8.62. The zero-order valence-corrected chi connectivity index (χ0v) is 32.2. The Morgan fingerprint density at radius 1 is 0.429 bits per heavy atom. The van der Waals surface area contributed by atoms with Crippen LogP contribution in [0.1, 0.15) is 148 Å². The van der Waals surface area contributed by atoms with Crippen molar-refractivity contribution in [1.29, 1.82) is 0 Å². The lowest BCUT2D eigenvalue weighted by atomic mass is 9.70. The highest BCUT2D eigenvalue weighted by Crippen LogP contribution is 2.56. The molecule has 0 radical (unpaired) electrons. The summed E-state index contributed by atoms with van der Waals surface area (Å²) in [7, 11) is 0. The van der Waals surface area contributed by atoms with E-state index in [9.17, 15) is 0 Å². The second-order valence-electron chi connectivity index (χ2n) is 15.4. The first-order chi connectivity index (χ1) is 23.7. The number of unbranched alkanes of at least 4 members (excludes halogenated alkanes) is 10. The van der Waals surface area contributed by atoms with Gasteiger partial charge in [-0.25, -0.2) is 0 Å². The number of hydrogen-bond acceptors (Lipinski definition) is 2. The lowest BCUT2D eigenvalue weighted by molar-refractivity contribution is 0.398. The van der Waals surface area contributed by atoms with E-state index in [-0.39, 0.29) is 5.41 Å².